The molecule has 15 heavy (non-hydrogen) atoms. The van der Waals surface area contributed by atoms with Crippen LogP contribution >= 0.6 is 27.5 Å². The lowest BCUT2D eigenvalue weighted by Crippen LogP contribution is -2.14. The van der Waals surface area contributed by atoms with Gasteiger partial charge in [-0.05, 0) is 29.8 Å². The van der Waals surface area contributed by atoms with E-state index in [0.717, 1.165) is 0 Å². The number of hydrogen-bond acceptors (Lipinski definition) is 3. The maximum absolute atomic E-state index is 10.6. The second-order valence-corrected chi connectivity index (χ2v) is 4.24. The third-order valence-electron chi connectivity index (χ3n) is 1.98. The molecule has 0 radical (unpaired) electrons. The summed E-state index contributed by atoms with van der Waals surface area (Å²) < 4.78 is 0.505. The van der Waals surface area contributed by atoms with Crippen LogP contribution < -0.4 is 0 Å². The summed E-state index contributed by atoms with van der Waals surface area (Å²) in [5.41, 5.74) is 1.19. The number of carbonyl (C=O) groups is 1. The minimum atomic E-state index is -1.65. The zero-order valence-electron chi connectivity index (χ0n) is 8.08. The summed E-state index contributed by atoms with van der Waals surface area (Å²) in [7, 11) is 0. The number of aliphatic hydroxyl groups is 1. The van der Waals surface area contributed by atoms with Crippen molar-refractivity contribution in [3.05, 3.63) is 26.4 Å². The van der Waals surface area contributed by atoms with Crippen LogP contribution in [0.3, 0.4) is 0 Å². The summed E-state index contributed by atoms with van der Waals surface area (Å²) in [5.74, 6) is -1.35. The molecule has 0 saturated heterocycles. The molecule has 0 aliphatic carbocycles. The number of pyridine rings is 1. The predicted molar refractivity (Wildman–Crippen MR) is 59.0 cm³/mol. The number of aliphatic carboxylic acids is 1. The summed E-state index contributed by atoms with van der Waals surface area (Å²) in [6, 6.07) is 0. The molecule has 4 nitrogen and oxygen atoms in total. The molecule has 0 amide bonds. The Bertz CT molecular complexity index is 422. The molecule has 1 rings (SSSR count). The number of carboxylic acids is 1. The van der Waals surface area contributed by atoms with E-state index in [-0.39, 0.29) is 10.6 Å². The molecule has 1 aromatic heterocycles. The van der Waals surface area contributed by atoms with E-state index in [2.05, 4.69) is 20.9 Å². The Kier molecular flexibility index (Phi) is 3.70. The van der Waals surface area contributed by atoms with Gasteiger partial charge in [-0.15, -0.1) is 0 Å². The Morgan fingerprint density at radius 3 is 2.47 bits per heavy atom. The molecule has 82 valence electrons. The number of rotatable bonds is 2. The van der Waals surface area contributed by atoms with E-state index in [1.807, 2.05) is 0 Å². The molecule has 2 N–H and O–H groups in total. The highest BCUT2D eigenvalue weighted by Gasteiger charge is 2.24. The normalized spacial score (nSPS) is 12.6. The molecule has 0 fully saturated rings. The molecule has 1 unspecified atom stereocenters. The second-order valence-electron chi connectivity index (χ2n) is 3.07. The van der Waals surface area contributed by atoms with Crippen molar-refractivity contribution in [2.45, 2.75) is 20.0 Å². The van der Waals surface area contributed by atoms with Gasteiger partial charge in [0.15, 0.2) is 6.10 Å². The Labute approximate surface area is 100 Å². The number of halogens is 2. The lowest BCUT2D eigenvalue weighted by Gasteiger charge is -2.13. The summed E-state index contributed by atoms with van der Waals surface area (Å²) in [4.78, 5) is 14.7. The van der Waals surface area contributed by atoms with Gasteiger partial charge in [-0.3, -0.25) is 4.98 Å². The van der Waals surface area contributed by atoms with Crippen molar-refractivity contribution in [1.82, 2.24) is 4.98 Å². The van der Waals surface area contributed by atoms with Crippen LogP contribution in [0.25, 0.3) is 0 Å². The van der Waals surface area contributed by atoms with E-state index < -0.39 is 12.1 Å². The molecule has 6 heteroatoms. The summed E-state index contributed by atoms with van der Waals surface area (Å²) in [6.07, 6.45) is -1.65. The number of aliphatic hydroxyl groups excluding tert-OH is 1. The van der Waals surface area contributed by atoms with Gasteiger partial charge in [0, 0.05) is 11.3 Å². The van der Waals surface area contributed by atoms with Gasteiger partial charge in [-0.25, -0.2) is 4.79 Å². The van der Waals surface area contributed by atoms with Crippen LogP contribution in [0.15, 0.2) is 4.47 Å². The smallest absolute Gasteiger partial charge is 0.337 e. The molecule has 0 spiro atoms. The van der Waals surface area contributed by atoms with E-state index in [9.17, 15) is 9.90 Å². The maximum Gasteiger partial charge on any atom is 0.337 e. The van der Waals surface area contributed by atoms with Gasteiger partial charge in [-0.1, -0.05) is 11.6 Å². The van der Waals surface area contributed by atoms with E-state index in [0.29, 0.717) is 15.9 Å². The van der Waals surface area contributed by atoms with Crippen LogP contribution in [0.4, 0.5) is 0 Å². The van der Waals surface area contributed by atoms with Crippen LogP contribution in [-0.4, -0.2) is 21.2 Å². The van der Waals surface area contributed by atoms with E-state index in [4.69, 9.17) is 16.7 Å². The third kappa shape index (κ3) is 2.30. The summed E-state index contributed by atoms with van der Waals surface area (Å²) >= 11 is 9.12. The average molecular weight is 295 g/mol. The summed E-state index contributed by atoms with van der Waals surface area (Å²) in [5, 5.41) is 18.3. The first kappa shape index (κ1) is 12.4. The van der Waals surface area contributed by atoms with Gasteiger partial charge in [-0.2, -0.15) is 0 Å². The van der Waals surface area contributed by atoms with Crippen molar-refractivity contribution in [3.63, 3.8) is 0 Å². The number of aromatic nitrogens is 1. The van der Waals surface area contributed by atoms with Gasteiger partial charge in [0.2, 0.25) is 0 Å². The van der Waals surface area contributed by atoms with Crippen LogP contribution in [0.5, 0.6) is 0 Å². The Morgan fingerprint density at radius 1 is 1.47 bits per heavy atom. The minimum Gasteiger partial charge on any atom is -0.479 e. The molecular formula is C9H9BrClNO3. The van der Waals surface area contributed by atoms with E-state index >= 15 is 0 Å². The van der Waals surface area contributed by atoms with Gasteiger partial charge < -0.3 is 10.2 Å². The number of carboxylic acid groups (broad SMARTS) is 1. The highest BCUT2D eigenvalue weighted by molar-refractivity contribution is 9.10. The van der Waals surface area contributed by atoms with Crippen molar-refractivity contribution in [2.24, 2.45) is 0 Å². The highest BCUT2D eigenvalue weighted by Crippen LogP contribution is 2.33. The van der Waals surface area contributed by atoms with Gasteiger partial charge in [0.25, 0.3) is 0 Å². The third-order valence-corrected chi connectivity index (χ3v) is 3.57. The first-order chi connectivity index (χ1) is 6.86. The largest absolute Gasteiger partial charge is 0.479 e. The SMILES string of the molecule is Cc1nc(C)c(C(O)C(=O)O)c(Cl)c1Br. The monoisotopic (exact) mass is 293 g/mol. The van der Waals surface area contributed by atoms with Gasteiger partial charge >= 0.3 is 5.97 Å². The molecule has 0 bridgehead atoms. The average Bonchev–Trinajstić information content (AvgIpc) is 2.14. The molecular weight excluding hydrogens is 285 g/mol. The van der Waals surface area contributed by atoms with Crippen molar-refractivity contribution < 1.29 is 15.0 Å². The molecule has 1 heterocycles. The van der Waals surface area contributed by atoms with Gasteiger partial charge in [0.1, 0.15) is 0 Å². The van der Waals surface area contributed by atoms with Crippen LogP contribution in [-0.2, 0) is 4.79 Å². The van der Waals surface area contributed by atoms with Crippen molar-refractivity contribution in [3.8, 4) is 0 Å². The van der Waals surface area contributed by atoms with Crippen LogP contribution in [0.2, 0.25) is 5.02 Å². The van der Waals surface area contributed by atoms with Crippen LogP contribution in [0.1, 0.15) is 23.1 Å². The molecule has 0 aromatic carbocycles. The quantitative estimate of drug-likeness (QED) is 0.877. The summed E-state index contributed by atoms with van der Waals surface area (Å²) in [6.45, 7) is 3.34. The van der Waals surface area contributed by atoms with Gasteiger partial charge in [0.05, 0.1) is 15.2 Å². The zero-order valence-corrected chi connectivity index (χ0v) is 10.4. The second kappa shape index (κ2) is 4.47. The Morgan fingerprint density at radius 2 is 2.00 bits per heavy atom. The van der Waals surface area contributed by atoms with E-state index in [1.54, 1.807) is 13.8 Å². The molecule has 0 aliphatic rings. The first-order valence-electron chi connectivity index (χ1n) is 4.09. The number of aryl methyl sites for hydroxylation is 2. The molecule has 0 saturated carbocycles. The maximum atomic E-state index is 10.6. The lowest BCUT2D eigenvalue weighted by atomic mass is 10.1. The lowest BCUT2D eigenvalue weighted by molar-refractivity contribution is -0.147. The predicted octanol–water partition coefficient (Wildman–Crippen LogP) is 2.23. The fourth-order valence-electron chi connectivity index (χ4n) is 1.24. The van der Waals surface area contributed by atoms with Crippen molar-refractivity contribution in [2.75, 3.05) is 0 Å². The standard InChI is InChI=1S/C9H9BrClNO3/c1-3-5(8(13)9(14)15)7(11)6(10)4(2)12-3/h8,13H,1-2H3,(H,14,15). The molecule has 1 aromatic rings. The van der Waals surface area contributed by atoms with Crippen molar-refractivity contribution >= 4 is 33.5 Å². The highest BCUT2D eigenvalue weighted by atomic mass is 79.9. The number of nitrogens with zero attached hydrogens (tertiary/aromatic N) is 1. The topological polar surface area (TPSA) is 70.4 Å². The molecule has 0 aliphatic heterocycles. The fraction of sp³-hybridized carbons (Fsp3) is 0.333. The fourth-order valence-corrected chi connectivity index (χ4v) is 1.92. The minimum absolute atomic E-state index is 0.127. The first-order valence-corrected chi connectivity index (χ1v) is 5.26. The zero-order chi connectivity index (χ0) is 11.7. The number of hydrogen-bond donors (Lipinski definition) is 2. The van der Waals surface area contributed by atoms with Crippen molar-refractivity contribution in [1.29, 1.82) is 0 Å². The molecule has 1 atom stereocenters. The Hall–Kier alpha value is -0.650. The van der Waals surface area contributed by atoms with Crippen LogP contribution in [0, 0.1) is 13.8 Å². The van der Waals surface area contributed by atoms with E-state index in [1.165, 1.54) is 0 Å². The Balaban J connectivity index is 3.42.